The number of hydrogen-bond donors (Lipinski definition) is 0. The molecule has 1 unspecified atom stereocenters. The van der Waals surface area contributed by atoms with E-state index in [4.69, 9.17) is 0 Å². The third-order valence-electron chi connectivity index (χ3n) is 3.30. The van der Waals surface area contributed by atoms with E-state index in [-0.39, 0.29) is 24.1 Å². The summed E-state index contributed by atoms with van der Waals surface area (Å²) in [5.74, 6) is 0.341. The zero-order chi connectivity index (χ0) is 11.7. The van der Waals surface area contributed by atoms with Crippen molar-refractivity contribution >= 4 is 18.2 Å². The topological polar surface area (TPSA) is 30.0 Å². The van der Waals surface area contributed by atoms with Crippen molar-refractivity contribution in [2.45, 2.75) is 12.8 Å². The van der Waals surface area contributed by atoms with Gasteiger partial charge in [-0.1, -0.05) is 30.3 Å². The van der Waals surface area contributed by atoms with E-state index >= 15 is 0 Å². The van der Waals surface area contributed by atoms with E-state index in [9.17, 15) is 4.79 Å². The Morgan fingerprint density at radius 3 is 2.61 bits per heavy atom. The number of ketones is 1. The first-order chi connectivity index (χ1) is 8.34. The standard InChI is InChI=1S/C15H13NO.ClH/c17-15-12(10-13-6-3-4-8-16-13)9-11-5-1-2-7-14(11)15;/h1-8,12H,9-10H2;1H. The second kappa shape index (κ2) is 5.32. The second-order valence-electron chi connectivity index (χ2n) is 4.45. The summed E-state index contributed by atoms with van der Waals surface area (Å²) in [6.45, 7) is 0. The molecule has 2 aromatic rings. The highest BCUT2D eigenvalue weighted by Crippen LogP contribution is 2.28. The van der Waals surface area contributed by atoms with Crippen molar-refractivity contribution in [3.8, 4) is 0 Å². The second-order valence-corrected chi connectivity index (χ2v) is 4.45. The molecular weight excluding hydrogens is 246 g/mol. The van der Waals surface area contributed by atoms with E-state index in [0.717, 1.165) is 24.1 Å². The van der Waals surface area contributed by atoms with E-state index in [1.54, 1.807) is 6.20 Å². The summed E-state index contributed by atoms with van der Waals surface area (Å²) in [6, 6.07) is 13.7. The van der Waals surface area contributed by atoms with Crippen LogP contribution >= 0.6 is 12.4 Å². The molecule has 3 heteroatoms. The minimum Gasteiger partial charge on any atom is -0.294 e. The normalized spacial score (nSPS) is 17.1. The van der Waals surface area contributed by atoms with Crippen LogP contribution in [0.4, 0.5) is 0 Å². The Bertz CT molecular complexity index is 553. The molecule has 0 spiro atoms. The summed E-state index contributed by atoms with van der Waals surface area (Å²) in [4.78, 5) is 16.5. The van der Waals surface area contributed by atoms with Gasteiger partial charge in [0.15, 0.2) is 5.78 Å². The SMILES string of the molecule is Cl.O=C1c2ccccc2CC1Cc1ccccn1. The molecular formula is C15H14ClNO. The average Bonchev–Trinajstić information content (AvgIpc) is 2.68. The molecule has 1 aliphatic rings. The van der Waals surface area contributed by atoms with Crippen molar-refractivity contribution in [1.29, 1.82) is 0 Å². The van der Waals surface area contributed by atoms with Crippen LogP contribution < -0.4 is 0 Å². The number of pyridine rings is 1. The van der Waals surface area contributed by atoms with Gasteiger partial charge in [-0.2, -0.15) is 0 Å². The Morgan fingerprint density at radius 2 is 1.89 bits per heavy atom. The fraction of sp³-hybridized carbons (Fsp3) is 0.200. The van der Waals surface area contributed by atoms with Crippen LogP contribution in [-0.4, -0.2) is 10.8 Å². The minimum absolute atomic E-state index is 0. The molecule has 0 amide bonds. The van der Waals surface area contributed by atoms with Gasteiger partial charge in [0.2, 0.25) is 0 Å². The van der Waals surface area contributed by atoms with E-state index in [2.05, 4.69) is 4.98 Å². The van der Waals surface area contributed by atoms with Gasteiger partial charge in [-0.3, -0.25) is 9.78 Å². The number of rotatable bonds is 2. The number of carbonyl (C=O) groups excluding carboxylic acids is 1. The van der Waals surface area contributed by atoms with Crippen LogP contribution in [0.15, 0.2) is 48.7 Å². The Morgan fingerprint density at radius 1 is 1.11 bits per heavy atom. The van der Waals surface area contributed by atoms with Gasteiger partial charge in [0.05, 0.1) is 0 Å². The number of benzene rings is 1. The van der Waals surface area contributed by atoms with Gasteiger partial charge in [-0.25, -0.2) is 0 Å². The van der Waals surface area contributed by atoms with Crippen LogP contribution in [0.3, 0.4) is 0 Å². The summed E-state index contributed by atoms with van der Waals surface area (Å²) in [5, 5.41) is 0. The summed E-state index contributed by atoms with van der Waals surface area (Å²) >= 11 is 0. The molecule has 18 heavy (non-hydrogen) atoms. The van der Waals surface area contributed by atoms with E-state index < -0.39 is 0 Å². The zero-order valence-corrected chi connectivity index (χ0v) is 10.7. The van der Waals surface area contributed by atoms with Gasteiger partial charge in [0, 0.05) is 29.8 Å². The summed E-state index contributed by atoms with van der Waals surface area (Å²) in [6.07, 6.45) is 3.38. The number of halogens is 1. The van der Waals surface area contributed by atoms with Gasteiger partial charge in [0.1, 0.15) is 0 Å². The summed E-state index contributed by atoms with van der Waals surface area (Å²) in [7, 11) is 0. The summed E-state index contributed by atoms with van der Waals surface area (Å²) < 4.78 is 0. The molecule has 1 aliphatic carbocycles. The third kappa shape index (κ3) is 2.29. The fourth-order valence-corrected chi connectivity index (χ4v) is 2.45. The monoisotopic (exact) mass is 259 g/mol. The van der Waals surface area contributed by atoms with Crippen molar-refractivity contribution in [2.24, 2.45) is 5.92 Å². The summed E-state index contributed by atoms with van der Waals surface area (Å²) in [5.41, 5.74) is 3.07. The molecule has 1 aromatic heterocycles. The first-order valence-corrected chi connectivity index (χ1v) is 5.86. The first kappa shape index (κ1) is 12.8. The van der Waals surface area contributed by atoms with Gasteiger partial charge < -0.3 is 0 Å². The van der Waals surface area contributed by atoms with Crippen molar-refractivity contribution in [3.63, 3.8) is 0 Å². The molecule has 0 saturated heterocycles. The van der Waals surface area contributed by atoms with E-state index in [0.29, 0.717) is 0 Å². The van der Waals surface area contributed by atoms with Crippen molar-refractivity contribution in [2.75, 3.05) is 0 Å². The predicted molar refractivity (Wildman–Crippen MR) is 73.2 cm³/mol. The molecule has 0 N–H and O–H groups in total. The van der Waals surface area contributed by atoms with Crippen molar-refractivity contribution < 1.29 is 4.79 Å². The lowest BCUT2D eigenvalue weighted by Crippen LogP contribution is -2.12. The Labute approximate surface area is 112 Å². The number of fused-ring (bicyclic) bond motifs is 1. The van der Waals surface area contributed by atoms with Crippen LogP contribution in [0.1, 0.15) is 21.6 Å². The Balaban J connectivity index is 0.00000120. The number of Topliss-reactive ketones (excluding diaryl/α,β-unsaturated/α-hetero) is 1. The van der Waals surface area contributed by atoms with E-state index in [1.165, 1.54) is 5.56 Å². The molecule has 2 nitrogen and oxygen atoms in total. The molecule has 1 aromatic carbocycles. The molecule has 0 bridgehead atoms. The largest absolute Gasteiger partial charge is 0.294 e. The van der Waals surface area contributed by atoms with Crippen molar-refractivity contribution in [3.05, 3.63) is 65.5 Å². The maximum atomic E-state index is 12.2. The maximum Gasteiger partial charge on any atom is 0.166 e. The highest BCUT2D eigenvalue weighted by Gasteiger charge is 2.30. The van der Waals surface area contributed by atoms with Gasteiger partial charge >= 0.3 is 0 Å². The molecule has 0 saturated carbocycles. The molecule has 0 aliphatic heterocycles. The Hall–Kier alpha value is -1.67. The first-order valence-electron chi connectivity index (χ1n) is 5.86. The predicted octanol–water partition coefficient (Wildman–Crippen LogP) is 3.10. The molecule has 1 atom stereocenters. The van der Waals surface area contributed by atoms with Crippen molar-refractivity contribution in [1.82, 2.24) is 4.98 Å². The van der Waals surface area contributed by atoms with Crippen LogP contribution in [0.2, 0.25) is 0 Å². The Kier molecular flexibility index (Phi) is 3.78. The maximum absolute atomic E-state index is 12.2. The van der Waals surface area contributed by atoms with Gasteiger partial charge in [-0.05, 0) is 24.1 Å². The molecule has 92 valence electrons. The third-order valence-corrected chi connectivity index (χ3v) is 3.30. The fourth-order valence-electron chi connectivity index (χ4n) is 2.45. The average molecular weight is 260 g/mol. The number of nitrogens with zero attached hydrogens (tertiary/aromatic N) is 1. The zero-order valence-electron chi connectivity index (χ0n) is 9.87. The smallest absolute Gasteiger partial charge is 0.166 e. The van der Waals surface area contributed by atoms with Crippen LogP contribution in [0.5, 0.6) is 0 Å². The minimum atomic E-state index is 0. The van der Waals surface area contributed by atoms with Crippen LogP contribution in [0.25, 0.3) is 0 Å². The number of hydrogen-bond acceptors (Lipinski definition) is 2. The quantitative estimate of drug-likeness (QED) is 0.830. The molecule has 0 radical (unpaired) electrons. The van der Waals surface area contributed by atoms with Crippen LogP contribution in [-0.2, 0) is 12.8 Å². The highest BCUT2D eigenvalue weighted by molar-refractivity contribution is 6.02. The van der Waals surface area contributed by atoms with Gasteiger partial charge in [0.25, 0.3) is 0 Å². The highest BCUT2D eigenvalue weighted by atomic mass is 35.5. The molecule has 3 rings (SSSR count). The number of carbonyl (C=O) groups is 1. The van der Waals surface area contributed by atoms with Gasteiger partial charge in [-0.15, -0.1) is 12.4 Å². The van der Waals surface area contributed by atoms with Crippen LogP contribution in [0, 0.1) is 5.92 Å². The lowest BCUT2D eigenvalue weighted by atomic mass is 9.99. The van der Waals surface area contributed by atoms with E-state index in [1.807, 2.05) is 42.5 Å². The number of aromatic nitrogens is 1. The lowest BCUT2D eigenvalue weighted by molar-refractivity contribution is 0.0935. The molecule has 1 heterocycles. The molecule has 0 fully saturated rings. The lowest BCUT2D eigenvalue weighted by Gasteiger charge is -2.06.